The fraction of sp³-hybridized carbons (Fsp3) is 0.800. The third-order valence-electron chi connectivity index (χ3n) is 2.33. The second kappa shape index (κ2) is 9.08. The first-order chi connectivity index (χ1) is 10.5. The molecule has 1 aliphatic heterocycles. The predicted molar refractivity (Wildman–Crippen MR) is 87.2 cm³/mol. The summed E-state index contributed by atoms with van der Waals surface area (Å²) in [5.41, 5.74) is 2.14. The maximum Gasteiger partial charge on any atom is 0.431 e. The average molecular weight is 453 g/mol. The van der Waals surface area contributed by atoms with E-state index in [4.69, 9.17) is 79.1 Å². The Kier molecular flexibility index (Phi) is 8.40. The standard InChI is InChI=1S/C10H12Cl6N2O5/c11-9(12,13)4-22-7(19)17-18(6-2-1-3-21-6)8(20)23-5-10(14,15)16/h6H,1-5H2,(H,17,19). The Bertz CT molecular complexity index is 421. The van der Waals surface area contributed by atoms with Crippen molar-refractivity contribution in [3.05, 3.63) is 0 Å². The van der Waals surface area contributed by atoms with Crippen molar-refractivity contribution in [1.82, 2.24) is 10.4 Å². The second-order valence-electron chi connectivity index (χ2n) is 4.31. The van der Waals surface area contributed by atoms with Gasteiger partial charge in [0.25, 0.3) is 0 Å². The number of ether oxygens (including phenoxy) is 3. The Morgan fingerprint density at radius 2 is 1.65 bits per heavy atom. The van der Waals surface area contributed by atoms with Crippen molar-refractivity contribution in [1.29, 1.82) is 0 Å². The van der Waals surface area contributed by atoms with E-state index in [1.807, 2.05) is 0 Å². The van der Waals surface area contributed by atoms with Crippen LogP contribution in [0.25, 0.3) is 0 Å². The van der Waals surface area contributed by atoms with Crippen molar-refractivity contribution >= 4 is 81.8 Å². The first kappa shape index (κ1) is 21.3. The van der Waals surface area contributed by atoms with Crippen LogP contribution in [0.4, 0.5) is 9.59 Å². The lowest BCUT2D eigenvalue weighted by molar-refractivity contribution is -0.0421. The molecule has 0 saturated carbocycles. The van der Waals surface area contributed by atoms with Crippen LogP contribution in [0.1, 0.15) is 12.8 Å². The Labute approximate surface area is 162 Å². The van der Waals surface area contributed by atoms with Gasteiger partial charge in [-0.1, -0.05) is 69.6 Å². The van der Waals surface area contributed by atoms with Gasteiger partial charge in [-0.05, 0) is 12.8 Å². The van der Waals surface area contributed by atoms with E-state index >= 15 is 0 Å². The maximum atomic E-state index is 12.0. The van der Waals surface area contributed by atoms with Gasteiger partial charge in [0.2, 0.25) is 7.59 Å². The van der Waals surface area contributed by atoms with Crippen molar-refractivity contribution in [2.45, 2.75) is 26.7 Å². The molecule has 1 fully saturated rings. The number of hydrogen-bond donors (Lipinski definition) is 1. The minimum atomic E-state index is -1.80. The van der Waals surface area contributed by atoms with E-state index in [-0.39, 0.29) is 0 Å². The van der Waals surface area contributed by atoms with Crippen LogP contribution in [0.2, 0.25) is 0 Å². The van der Waals surface area contributed by atoms with Crippen LogP contribution < -0.4 is 5.43 Å². The lowest BCUT2D eigenvalue weighted by atomic mass is 10.3. The van der Waals surface area contributed by atoms with Gasteiger partial charge in [-0.2, -0.15) is 5.01 Å². The summed E-state index contributed by atoms with van der Waals surface area (Å²) in [5.74, 6) is 0. The SMILES string of the molecule is O=C(NN(C(=O)OCC(Cl)(Cl)Cl)C1CCCO1)OCC(Cl)(Cl)Cl. The van der Waals surface area contributed by atoms with Crippen LogP contribution in [-0.4, -0.2) is 50.8 Å². The van der Waals surface area contributed by atoms with Crippen LogP contribution in [0.3, 0.4) is 0 Å². The smallest absolute Gasteiger partial charge is 0.431 e. The topological polar surface area (TPSA) is 77.1 Å². The summed E-state index contributed by atoms with van der Waals surface area (Å²) in [6, 6.07) is 0. The van der Waals surface area contributed by atoms with Gasteiger partial charge in [-0.25, -0.2) is 15.0 Å². The van der Waals surface area contributed by atoms with E-state index in [9.17, 15) is 9.59 Å². The largest absolute Gasteiger partial charge is 0.444 e. The first-order valence-electron chi connectivity index (χ1n) is 6.12. The summed E-state index contributed by atoms with van der Waals surface area (Å²) < 4.78 is 11.2. The molecule has 1 atom stereocenters. The summed E-state index contributed by atoms with van der Waals surface area (Å²) >= 11 is 32.9. The Morgan fingerprint density at radius 3 is 2.13 bits per heavy atom. The lowest BCUT2D eigenvalue weighted by Gasteiger charge is -2.27. The molecule has 13 heteroatoms. The fourth-order valence-electron chi connectivity index (χ4n) is 1.49. The molecule has 7 nitrogen and oxygen atoms in total. The number of nitrogens with one attached hydrogen (secondary N) is 1. The zero-order valence-corrected chi connectivity index (χ0v) is 15.9. The number of halogens is 6. The highest BCUT2D eigenvalue weighted by Crippen LogP contribution is 2.27. The molecule has 1 unspecified atom stereocenters. The van der Waals surface area contributed by atoms with Gasteiger partial charge in [0.15, 0.2) is 6.23 Å². The molecule has 0 aromatic heterocycles. The Balaban J connectivity index is 2.61. The summed E-state index contributed by atoms with van der Waals surface area (Å²) in [7, 11) is 0. The van der Waals surface area contributed by atoms with Gasteiger partial charge in [0.1, 0.15) is 13.2 Å². The third kappa shape index (κ3) is 9.34. The predicted octanol–water partition coefficient (Wildman–Crippen LogP) is 3.94. The van der Waals surface area contributed by atoms with Crippen LogP contribution in [-0.2, 0) is 14.2 Å². The molecule has 1 aliphatic rings. The Hall–Kier alpha value is 0.240. The molecule has 0 aromatic carbocycles. The molecule has 1 saturated heterocycles. The van der Waals surface area contributed by atoms with Gasteiger partial charge in [-0.3, -0.25) is 0 Å². The first-order valence-corrected chi connectivity index (χ1v) is 8.39. The number of amides is 2. The van der Waals surface area contributed by atoms with E-state index in [2.05, 4.69) is 10.2 Å². The van der Waals surface area contributed by atoms with Gasteiger partial charge in [0, 0.05) is 6.61 Å². The van der Waals surface area contributed by atoms with E-state index in [1.54, 1.807) is 0 Å². The van der Waals surface area contributed by atoms with E-state index < -0.39 is 39.2 Å². The minimum absolute atomic E-state index is 0.407. The summed E-state index contributed by atoms with van der Waals surface area (Å²) in [5, 5.41) is 0.782. The van der Waals surface area contributed by atoms with Crippen LogP contribution in [0, 0.1) is 0 Å². The fourth-order valence-corrected chi connectivity index (χ4v) is 1.82. The third-order valence-corrected chi connectivity index (χ3v) is 2.98. The zero-order chi connectivity index (χ0) is 17.7. The highest BCUT2D eigenvalue weighted by Gasteiger charge is 2.33. The van der Waals surface area contributed by atoms with Crippen molar-refractivity contribution < 1.29 is 23.8 Å². The molecule has 0 spiro atoms. The van der Waals surface area contributed by atoms with Gasteiger partial charge >= 0.3 is 12.2 Å². The van der Waals surface area contributed by atoms with Crippen LogP contribution >= 0.6 is 69.6 Å². The summed E-state index contributed by atoms with van der Waals surface area (Å²) in [4.78, 5) is 23.7. The Morgan fingerprint density at radius 1 is 1.09 bits per heavy atom. The molecule has 1 N–H and O–H groups in total. The van der Waals surface area contributed by atoms with Gasteiger partial charge in [0.05, 0.1) is 0 Å². The zero-order valence-electron chi connectivity index (χ0n) is 11.4. The number of carbonyl (C=O) groups is 2. The number of hydrazine groups is 1. The maximum absolute atomic E-state index is 12.0. The lowest BCUT2D eigenvalue weighted by Crippen LogP contribution is -2.52. The number of alkyl halides is 6. The normalized spacial score (nSPS) is 18.4. The molecule has 0 aliphatic carbocycles. The number of rotatable bonds is 3. The molecule has 23 heavy (non-hydrogen) atoms. The van der Waals surface area contributed by atoms with E-state index in [0.717, 1.165) is 5.01 Å². The molecule has 0 aromatic rings. The highest BCUT2D eigenvalue weighted by molar-refractivity contribution is 6.68. The molecule has 0 bridgehead atoms. The molecular weight excluding hydrogens is 441 g/mol. The van der Waals surface area contributed by atoms with E-state index in [0.29, 0.717) is 19.4 Å². The monoisotopic (exact) mass is 450 g/mol. The molecule has 1 heterocycles. The average Bonchev–Trinajstić information content (AvgIpc) is 2.92. The molecule has 1 rings (SSSR count). The van der Waals surface area contributed by atoms with E-state index in [1.165, 1.54) is 0 Å². The summed E-state index contributed by atoms with van der Waals surface area (Å²) in [6.45, 7) is -0.638. The number of carbonyl (C=O) groups excluding carboxylic acids is 2. The molecule has 2 amide bonds. The minimum Gasteiger partial charge on any atom is -0.444 e. The van der Waals surface area contributed by atoms with Crippen LogP contribution in [0.5, 0.6) is 0 Å². The quantitative estimate of drug-likeness (QED) is 0.518. The molecule has 134 valence electrons. The van der Waals surface area contributed by atoms with Gasteiger partial charge < -0.3 is 14.2 Å². The number of hydrogen-bond acceptors (Lipinski definition) is 5. The second-order valence-corrected chi connectivity index (χ2v) is 9.34. The van der Waals surface area contributed by atoms with Crippen molar-refractivity contribution in [3.63, 3.8) is 0 Å². The van der Waals surface area contributed by atoms with Crippen molar-refractivity contribution in [2.24, 2.45) is 0 Å². The van der Waals surface area contributed by atoms with Crippen molar-refractivity contribution in [2.75, 3.05) is 19.8 Å². The highest BCUT2D eigenvalue weighted by atomic mass is 35.6. The van der Waals surface area contributed by atoms with Gasteiger partial charge in [-0.15, -0.1) is 0 Å². The molecule has 0 radical (unpaired) electrons. The molecular formula is C10H12Cl6N2O5. The van der Waals surface area contributed by atoms with Crippen LogP contribution in [0.15, 0.2) is 0 Å². The number of nitrogens with zero attached hydrogens (tertiary/aromatic N) is 1. The van der Waals surface area contributed by atoms with Crippen molar-refractivity contribution in [3.8, 4) is 0 Å². The summed E-state index contributed by atoms with van der Waals surface area (Å²) in [6.07, 6.45) is -1.64.